The average molecular weight is 217 g/mol. The van der Waals surface area contributed by atoms with Crippen LogP contribution in [0, 0.1) is 6.07 Å². The molecular weight excluding hydrogens is 192 g/mol. The summed E-state index contributed by atoms with van der Waals surface area (Å²) in [7, 11) is 0. The first-order valence-electron chi connectivity index (χ1n) is 6.36. The van der Waals surface area contributed by atoms with E-state index in [1.54, 1.807) is 0 Å². The van der Waals surface area contributed by atoms with Gasteiger partial charge in [0.05, 0.1) is 0 Å². The summed E-state index contributed by atoms with van der Waals surface area (Å²) in [6, 6.07) is 10.0. The van der Waals surface area contributed by atoms with Gasteiger partial charge in [0.25, 0.3) is 0 Å². The Morgan fingerprint density at radius 2 is 1.56 bits per heavy atom. The maximum atomic E-state index is 3.40. The fourth-order valence-corrected chi connectivity index (χ4v) is 1.67. The van der Waals surface area contributed by atoms with Gasteiger partial charge < -0.3 is 0 Å². The van der Waals surface area contributed by atoms with Gasteiger partial charge in [-0.15, -0.1) is 0 Å². The number of hydrogen-bond donors (Lipinski definition) is 0. The lowest BCUT2D eigenvalue weighted by molar-refractivity contribution is 0.488. The van der Waals surface area contributed by atoms with Crippen molar-refractivity contribution < 1.29 is 0 Å². The molecule has 0 spiro atoms. The van der Waals surface area contributed by atoms with Crippen LogP contribution in [0.3, 0.4) is 0 Å². The lowest BCUT2D eigenvalue weighted by Gasteiger charge is -2.28. The summed E-state index contributed by atoms with van der Waals surface area (Å²) in [6.45, 7) is 13.7. The van der Waals surface area contributed by atoms with Crippen molar-refractivity contribution in [2.24, 2.45) is 0 Å². The second-order valence-electron chi connectivity index (χ2n) is 5.97. The van der Waals surface area contributed by atoms with Crippen LogP contribution in [-0.2, 0) is 10.8 Å². The molecule has 0 bridgehead atoms. The molecule has 0 aliphatic rings. The van der Waals surface area contributed by atoms with Gasteiger partial charge in [-0.2, -0.15) is 0 Å². The monoisotopic (exact) mass is 217 g/mol. The molecule has 0 fully saturated rings. The van der Waals surface area contributed by atoms with Crippen molar-refractivity contribution in [2.45, 2.75) is 65.2 Å². The van der Waals surface area contributed by atoms with Crippen molar-refractivity contribution in [3.05, 3.63) is 35.4 Å². The van der Waals surface area contributed by atoms with Crippen molar-refractivity contribution in [2.75, 3.05) is 0 Å². The standard InChI is InChI=1S/C16H25/c1-7-15(3,4)13-10-9-11-14(12-13)16(5,6)8-2/h9-10,12H,7-8H2,1-6H3. The fraction of sp³-hybridized carbons (Fsp3) is 0.625. The maximum Gasteiger partial charge on any atom is -0.00999 e. The summed E-state index contributed by atoms with van der Waals surface area (Å²) in [5.74, 6) is 0. The molecule has 1 radical (unpaired) electrons. The first kappa shape index (κ1) is 13.3. The van der Waals surface area contributed by atoms with Crippen LogP contribution in [0.1, 0.15) is 65.5 Å². The molecular formula is C16H25. The van der Waals surface area contributed by atoms with E-state index in [9.17, 15) is 0 Å². The van der Waals surface area contributed by atoms with Crippen molar-refractivity contribution in [1.29, 1.82) is 0 Å². The third kappa shape index (κ3) is 2.66. The lowest BCUT2D eigenvalue weighted by atomic mass is 9.77. The minimum Gasteiger partial charge on any atom is -0.0646 e. The van der Waals surface area contributed by atoms with Gasteiger partial charge in [-0.25, -0.2) is 0 Å². The molecule has 0 amide bonds. The summed E-state index contributed by atoms with van der Waals surface area (Å²) in [6.07, 6.45) is 2.32. The van der Waals surface area contributed by atoms with Gasteiger partial charge in [0.1, 0.15) is 0 Å². The van der Waals surface area contributed by atoms with Gasteiger partial charge in [-0.3, -0.25) is 0 Å². The molecule has 0 saturated heterocycles. The van der Waals surface area contributed by atoms with Crippen LogP contribution in [0.5, 0.6) is 0 Å². The van der Waals surface area contributed by atoms with Crippen molar-refractivity contribution in [3.8, 4) is 0 Å². The molecule has 1 aromatic carbocycles. The smallest absolute Gasteiger partial charge is 0.00999 e. The van der Waals surface area contributed by atoms with Gasteiger partial charge in [-0.1, -0.05) is 59.7 Å². The maximum absolute atomic E-state index is 3.40. The third-order valence-corrected chi connectivity index (χ3v) is 4.08. The topological polar surface area (TPSA) is 0 Å². The highest BCUT2D eigenvalue weighted by molar-refractivity contribution is 5.32. The normalized spacial score (nSPS) is 12.9. The zero-order valence-corrected chi connectivity index (χ0v) is 11.6. The molecule has 0 heterocycles. The molecule has 0 aliphatic carbocycles. The van der Waals surface area contributed by atoms with Crippen LogP contribution >= 0.6 is 0 Å². The van der Waals surface area contributed by atoms with Gasteiger partial charge in [0.15, 0.2) is 0 Å². The van der Waals surface area contributed by atoms with Crippen molar-refractivity contribution in [1.82, 2.24) is 0 Å². The Bertz CT molecular complexity index is 314. The highest BCUT2D eigenvalue weighted by atomic mass is 14.3. The van der Waals surface area contributed by atoms with Crippen LogP contribution in [-0.4, -0.2) is 0 Å². The minimum atomic E-state index is 0.236. The lowest BCUT2D eigenvalue weighted by Crippen LogP contribution is -2.19. The average Bonchev–Trinajstić information content (AvgIpc) is 2.29. The van der Waals surface area contributed by atoms with Crippen LogP contribution in [0.15, 0.2) is 18.2 Å². The van der Waals surface area contributed by atoms with E-state index in [0.29, 0.717) is 0 Å². The highest BCUT2D eigenvalue weighted by Crippen LogP contribution is 2.32. The van der Waals surface area contributed by atoms with Gasteiger partial charge >= 0.3 is 0 Å². The van der Waals surface area contributed by atoms with E-state index in [-0.39, 0.29) is 10.8 Å². The molecule has 0 aromatic heterocycles. The molecule has 0 nitrogen and oxygen atoms in total. The van der Waals surface area contributed by atoms with Gasteiger partial charge in [-0.05, 0) is 40.9 Å². The molecule has 1 aromatic rings. The van der Waals surface area contributed by atoms with Crippen LogP contribution in [0.2, 0.25) is 0 Å². The Morgan fingerprint density at radius 1 is 1.00 bits per heavy atom. The van der Waals surface area contributed by atoms with Crippen LogP contribution in [0.25, 0.3) is 0 Å². The van der Waals surface area contributed by atoms with E-state index >= 15 is 0 Å². The first-order chi connectivity index (χ1) is 7.33. The van der Waals surface area contributed by atoms with E-state index in [1.165, 1.54) is 17.5 Å². The van der Waals surface area contributed by atoms with Gasteiger partial charge in [0.2, 0.25) is 0 Å². The predicted octanol–water partition coefficient (Wildman–Crippen LogP) is 4.86. The molecule has 1 rings (SSSR count). The summed E-state index contributed by atoms with van der Waals surface area (Å²) >= 11 is 0. The fourth-order valence-electron chi connectivity index (χ4n) is 1.67. The van der Waals surface area contributed by atoms with Crippen molar-refractivity contribution >= 4 is 0 Å². The first-order valence-corrected chi connectivity index (χ1v) is 6.36. The molecule has 16 heavy (non-hydrogen) atoms. The summed E-state index contributed by atoms with van der Waals surface area (Å²) < 4.78 is 0. The molecule has 0 N–H and O–H groups in total. The number of rotatable bonds is 4. The van der Waals surface area contributed by atoms with E-state index < -0.39 is 0 Å². The Balaban J connectivity index is 3.14. The second kappa shape index (κ2) is 4.61. The number of hydrogen-bond acceptors (Lipinski definition) is 0. The van der Waals surface area contributed by atoms with Crippen LogP contribution in [0.4, 0.5) is 0 Å². The molecule has 89 valence electrons. The SMILES string of the molecule is CCC(C)(C)c1[c]ccc(C(C)(C)CC)c1. The van der Waals surface area contributed by atoms with Crippen molar-refractivity contribution in [3.63, 3.8) is 0 Å². The molecule has 0 saturated carbocycles. The molecule has 0 aliphatic heterocycles. The zero-order valence-electron chi connectivity index (χ0n) is 11.6. The van der Waals surface area contributed by atoms with E-state index in [2.05, 4.69) is 65.8 Å². The minimum absolute atomic E-state index is 0.236. The van der Waals surface area contributed by atoms with E-state index in [1.807, 2.05) is 0 Å². The molecule has 0 atom stereocenters. The number of benzene rings is 1. The van der Waals surface area contributed by atoms with Gasteiger partial charge in [0, 0.05) is 0 Å². The van der Waals surface area contributed by atoms with E-state index in [4.69, 9.17) is 0 Å². The predicted molar refractivity (Wildman–Crippen MR) is 71.9 cm³/mol. The Morgan fingerprint density at radius 3 is 2.06 bits per heavy atom. The Kier molecular flexibility index (Phi) is 3.83. The Hall–Kier alpha value is -0.780. The van der Waals surface area contributed by atoms with Crippen LogP contribution < -0.4 is 0 Å². The molecule has 0 heteroatoms. The summed E-state index contributed by atoms with van der Waals surface area (Å²) in [5.41, 5.74) is 3.28. The zero-order chi connectivity index (χ0) is 12.4. The third-order valence-electron chi connectivity index (χ3n) is 4.08. The largest absolute Gasteiger partial charge is 0.0646 e. The van der Waals surface area contributed by atoms with E-state index in [0.717, 1.165) is 6.42 Å². The molecule has 0 unspecified atom stereocenters. The summed E-state index contributed by atoms with van der Waals surface area (Å²) in [5, 5.41) is 0. The second-order valence-corrected chi connectivity index (χ2v) is 5.97. The quantitative estimate of drug-likeness (QED) is 0.675. The highest BCUT2D eigenvalue weighted by Gasteiger charge is 2.22. The summed E-state index contributed by atoms with van der Waals surface area (Å²) in [4.78, 5) is 0. The Labute approximate surface area is 101 Å².